The third-order valence-electron chi connectivity index (χ3n) is 3.90. The highest BCUT2D eigenvalue weighted by molar-refractivity contribution is 5.14. The van der Waals surface area contributed by atoms with Crippen molar-refractivity contribution in [2.45, 2.75) is 32.9 Å². The normalized spacial score (nSPS) is 24.8. The van der Waals surface area contributed by atoms with E-state index in [0.717, 1.165) is 13.1 Å². The summed E-state index contributed by atoms with van der Waals surface area (Å²) in [6.07, 6.45) is 1.55. The minimum Gasteiger partial charge on any atom is -0.380 e. The van der Waals surface area contributed by atoms with Crippen LogP contribution in [0, 0.1) is 5.41 Å². The number of ether oxygens (including phenoxy) is 1. The Morgan fingerprint density at radius 1 is 1.29 bits per heavy atom. The Labute approximate surface area is 105 Å². The zero-order chi connectivity index (χ0) is 12.3. The lowest BCUT2D eigenvalue weighted by Gasteiger charge is -2.43. The molecule has 0 bridgehead atoms. The largest absolute Gasteiger partial charge is 0.380 e. The summed E-state index contributed by atoms with van der Waals surface area (Å²) < 4.78 is 5.63. The first-order chi connectivity index (χ1) is 8.12. The molecule has 0 aliphatic carbocycles. The highest BCUT2D eigenvalue weighted by Crippen LogP contribution is 2.32. The molecule has 1 saturated heterocycles. The summed E-state index contributed by atoms with van der Waals surface area (Å²) in [6, 6.07) is 10.7. The highest BCUT2D eigenvalue weighted by atomic mass is 16.5. The van der Waals surface area contributed by atoms with Gasteiger partial charge in [0.15, 0.2) is 0 Å². The number of hydrogen-bond acceptors (Lipinski definition) is 2. The monoisotopic (exact) mass is 233 g/mol. The Hall–Kier alpha value is -0.860. The quantitative estimate of drug-likeness (QED) is 0.796. The molecule has 94 valence electrons. The molecule has 0 saturated carbocycles. The number of likely N-dealkylation sites (tertiary alicyclic amines) is 1. The number of piperidine rings is 1. The zero-order valence-corrected chi connectivity index (χ0v) is 11.1. The minimum absolute atomic E-state index is 0.307. The molecule has 2 rings (SSSR count). The third kappa shape index (κ3) is 3.08. The fourth-order valence-electron chi connectivity index (χ4n) is 2.56. The van der Waals surface area contributed by atoms with Gasteiger partial charge >= 0.3 is 0 Å². The molecule has 0 amide bonds. The summed E-state index contributed by atoms with van der Waals surface area (Å²) in [5.41, 5.74) is 1.70. The molecule has 1 aliphatic heterocycles. The van der Waals surface area contributed by atoms with Crippen LogP contribution in [-0.4, -0.2) is 31.2 Å². The molecule has 17 heavy (non-hydrogen) atoms. The van der Waals surface area contributed by atoms with Crippen molar-refractivity contribution < 1.29 is 4.74 Å². The van der Waals surface area contributed by atoms with Crippen molar-refractivity contribution in [1.82, 2.24) is 4.90 Å². The third-order valence-corrected chi connectivity index (χ3v) is 3.90. The van der Waals surface area contributed by atoms with E-state index in [9.17, 15) is 0 Å². The fraction of sp³-hybridized carbons (Fsp3) is 0.600. The van der Waals surface area contributed by atoms with Crippen molar-refractivity contribution in [1.29, 1.82) is 0 Å². The van der Waals surface area contributed by atoms with Gasteiger partial charge in [-0.1, -0.05) is 44.2 Å². The topological polar surface area (TPSA) is 12.5 Å². The van der Waals surface area contributed by atoms with Crippen LogP contribution in [0.1, 0.15) is 25.8 Å². The molecular formula is C15H23NO. The van der Waals surface area contributed by atoms with E-state index in [1.165, 1.54) is 18.5 Å². The molecule has 2 nitrogen and oxygen atoms in total. The second-order valence-corrected chi connectivity index (χ2v) is 5.68. The smallest absolute Gasteiger partial charge is 0.0749 e. The van der Waals surface area contributed by atoms with Crippen molar-refractivity contribution >= 4 is 0 Å². The first-order valence-electron chi connectivity index (χ1n) is 6.41. The summed E-state index contributed by atoms with van der Waals surface area (Å²) in [7, 11) is 1.83. The van der Waals surface area contributed by atoms with Crippen LogP contribution in [0.15, 0.2) is 30.3 Å². The molecule has 1 aliphatic rings. The molecule has 0 radical (unpaired) electrons. The van der Waals surface area contributed by atoms with Crippen LogP contribution in [0.2, 0.25) is 0 Å². The molecule has 1 aromatic rings. The lowest BCUT2D eigenvalue weighted by Crippen LogP contribution is -2.48. The van der Waals surface area contributed by atoms with Crippen LogP contribution in [0.4, 0.5) is 0 Å². The van der Waals surface area contributed by atoms with Gasteiger partial charge in [0.1, 0.15) is 0 Å². The summed E-state index contributed by atoms with van der Waals surface area (Å²) in [6.45, 7) is 7.86. The van der Waals surface area contributed by atoms with Crippen LogP contribution in [-0.2, 0) is 11.3 Å². The Balaban J connectivity index is 1.96. The minimum atomic E-state index is 0.307. The maximum Gasteiger partial charge on any atom is 0.0749 e. The van der Waals surface area contributed by atoms with E-state index in [-0.39, 0.29) is 0 Å². The molecule has 1 fully saturated rings. The van der Waals surface area contributed by atoms with Gasteiger partial charge in [-0.15, -0.1) is 0 Å². The standard InChI is InChI=1S/C15H23NO/c1-15(2)9-10-16(12-14(15)17-3)11-13-7-5-4-6-8-13/h4-8,14H,9-12H2,1-3H3. The summed E-state index contributed by atoms with van der Waals surface area (Å²) in [5, 5.41) is 0. The van der Waals surface area contributed by atoms with Gasteiger partial charge in [0, 0.05) is 20.2 Å². The van der Waals surface area contributed by atoms with E-state index in [1.54, 1.807) is 0 Å². The summed E-state index contributed by atoms with van der Waals surface area (Å²) in [5.74, 6) is 0. The van der Waals surface area contributed by atoms with Gasteiger partial charge < -0.3 is 4.74 Å². The number of benzene rings is 1. The van der Waals surface area contributed by atoms with E-state index in [1.807, 2.05) is 7.11 Å². The van der Waals surface area contributed by atoms with Crippen LogP contribution in [0.3, 0.4) is 0 Å². The lowest BCUT2D eigenvalue weighted by atomic mass is 9.80. The van der Waals surface area contributed by atoms with Gasteiger partial charge in [0.2, 0.25) is 0 Å². The van der Waals surface area contributed by atoms with Crippen LogP contribution < -0.4 is 0 Å². The average molecular weight is 233 g/mol. The molecule has 0 N–H and O–H groups in total. The van der Waals surface area contributed by atoms with E-state index >= 15 is 0 Å². The second-order valence-electron chi connectivity index (χ2n) is 5.68. The van der Waals surface area contributed by atoms with Gasteiger partial charge in [-0.05, 0) is 23.9 Å². The molecular weight excluding hydrogens is 210 g/mol. The summed E-state index contributed by atoms with van der Waals surface area (Å²) in [4.78, 5) is 2.49. The first-order valence-corrected chi connectivity index (χ1v) is 6.41. The predicted molar refractivity (Wildman–Crippen MR) is 70.9 cm³/mol. The average Bonchev–Trinajstić information content (AvgIpc) is 2.33. The number of nitrogens with zero attached hydrogens (tertiary/aromatic N) is 1. The zero-order valence-electron chi connectivity index (χ0n) is 11.1. The van der Waals surface area contributed by atoms with Crippen LogP contribution >= 0.6 is 0 Å². The Morgan fingerprint density at radius 3 is 2.65 bits per heavy atom. The molecule has 1 aromatic carbocycles. The first kappa shape index (κ1) is 12.6. The van der Waals surface area contributed by atoms with Crippen LogP contribution in [0.5, 0.6) is 0 Å². The van der Waals surface area contributed by atoms with Crippen molar-refractivity contribution in [3.05, 3.63) is 35.9 Å². The van der Waals surface area contributed by atoms with Gasteiger partial charge in [-0.2, -0.15) is 0 Å². The lowest BCUT2D eigenvalue weighted by molar-refractivity contribution is -0.0547. The van der Waals surface area contributed by atoms with Crippen molar-refractivity contribution in [3.63, 3.8) is 0 Å². The molecule has 1 atom stereocenters. The van der Waals surface area contributed by atoms with Gasteiger partial charge in [0.25, 0.3) is 0 Å². The maximum atomic E-state index is 5.63. The van der Waals surface area contributed by atoms with Gasteiger partial charge in [-0.25, -0.2) is 0 Å². The highest BCUT2D eigenvalue weighted by Gasteiger charge is 2.35. The van der Waals surface area contributed by atoms with E-state index in [0.29, 0.717) is 11.5 Å². The Kier molecular flexibility index (Phi) is 3.85. The SMILES string of the molecule is COC1CN(Cc2ccccc2)CCC1(C)C. The predicted octanol–water partition coefficient (Wildman–Crippen LogP) is 2.93. The van der Waals surface area contributed by atoms with E-state index < -0.39 is 0 Å². The van der Waals surface area contributed by atoms with E-state index in [2.05, 4.69) is 49.1 Å². The van der Waals surface area contributed by atoms with Gasteiger partial charge in [-0.3, -0.25) is 4.90 Å². The Morgan fingerprint density at radius 2 is 2.00 bits per heavy atom. The fourth-order valence-corrected chi connectivity index (χ4v) is 2.56. The molecule has 1 unspecified atom stereocenters. The molecule has 0 spiro atoms. The van der Waals surface area contributed by atoms with Crippen LogP contribution in [0.25, 0.3) is 0 Å². The number of methoxy groups -OCH3 is 1. The molecule has 0 aromatic heterocycles. The van der Waals surface area contributed by atoms with E-state index in [4.69, 9.17) is 4.74 Å². The van der Waals surface area contributed by atoms with Gasteiger partial charge in [0.05, 0.1) is 6.10 Å². The molecule has 1 heterocycles. The number of hydrogen-bond donors (Lipinski definition) is 0. The number of rotatable bonds is 3. The van der Waals surface area contributed by atoms with Crippen molar-refractivity contribution in [3.8, 4) is 0 Å². The molecule has 2 heteroatoms. The summed E-state index contributed by atoms with van der Waals surface area (Å²) >= 11 is 0. The van der Waals surface area contributed by atoms with Crippen molar-refractivity contribution in [2.24, 2.45) is 5.41 Å². The van der Waals surface area contributed by atoms with Crippen molar-refractivity contribution in [2.75, 3.05) is 20.2 Å². The second kappa shape index (κ2) is 5.19. The Bertz CT molecular complexity index is 347. The maximum absolute atomic E-state index is 5.63.